The first-order valence-corrected chi connectivity index (χ1v) is 10.2. The minimum Gasteiger partial charge on any atom is -0.546 e. The number of carbonyl (C=O) groups is 1. The van der Waals surface area contributed by atoms with Gasteiger partial charge in [0.1, 0.15) is 5.69 Å². The molecule has 0 fully saturated rings. The van der Waals surface area contributed by atoms with Crippen molar-refractivity contribution < 1.29 is 20.7 Å². The van der Waals surface area contributed by atoms with Crippen molar-refractivity contribution in [3.63, 3.8) is 0 Å². The third kappa shape index (κ3) is 5.60. The molecule has 4 aromatic rings. The number of aliphatic carboxylic acids is 1. The molecular formula is C27H26N2O3. The normalized spacial score (nSPS) is 10.7. The Morgan fingerprint density at radius 3 is 1.56 bits per heavy atom. The highest BCUT2D eigenvalue weighted by Crippen LogP contribution is 2.28. The number of hydrogen-bond donors (Lipinski definition) is 3. The molecule has 0 saturated carbocycles. The van der Waals surface area contributed by atoms with Crippen LogP contribution < -0.4 is 16.6 Å². The van der Waals surface area contributed by atoms with E-state index in [-0.39, 0.29) is 11.1 Å². The van der Waals surface area contributed by atoms with E-state index in [9.17, 15) is 15.0 Å². The third-order valence-electron chi connectivity index (χ3n) is 5.09. The Labute approximate surface area is 187 Å². The Bertz CT molecular complexity index is 1040. The molecule has 0 aliphatic rings. The second-order valence-electron chi connectivity index (χ2n) is 7.46. The fraction of sp³-hybridized carbons (Fsp3) is 0.0741. The molecule has 0 heterocycles. The molecule has 0 aliphatic heterocycles. The second kappa shape index (κ2) is 10.4. The highest BCUT2D eigenvalue weighted by Gasteiger charge is 2.32. The first-order chi connectivity index (χ1) is 15.4. The van der Waals surface area contributed by atoms with Crippen molar-refractivity contribution in [3.8, 4) is 0 Å². The monoisotopic (exact) mass is 426 g/mol. The van der Waals surface area contributed by atoms with Gasteiger partial charge in [-0.05, 0) is 52.9 Å². The Kier molecular flexibility index (Phi) is 7.39. The van der Waals surface area contributed by atoms with Gasteiger partial charge in [0.05, 0.1) is 5.97 Å². The minimum atomic E-state index is -2.11. The van der Waals surface area contributed by atoms with Gasteiger partial charge in [0, 0.05) is 5.69 Å². The quantitative estimate of drug-likeness (QED) is 0.425. The number of anilines is 1. The van der Waals surface area contributed by atoms with Gasteiger partial charge in [-0.2, -0.15) is 0 Å². The molecule has 5 nitrogen and oxygen atoms in total. The highest BCUT2D eigenvalue weighted by molar-refractivity contribution is 5.81. The van der Waals surface area contributed by atoms with Crippen LogP contribution in [0.2, 0.25) is 0 Å². The number of quaternary nitrogens is 1. The Hall–Kier alpha value is -3.93. The average Bonchev–Trinajstić information content (AvgIpc) is 2.83. The van der Waals surface area contributed by atoms with Gasteiger partial charge in [-0.15, -0.1) is 0 Å². The van der Waals surface area contributed by atoms with E-state index in [1.807, 2.05) is 24.3 Å². The summed E-state index contributed by atoms with van der Waals surface area (Å²) < 4.78 is 0. The molecule has 162 valence electrons. The first-order valence-electron chi connectivity index (χ1n) is 10.2. The predicted octanol–water partition coefficient (Wildman–Crippen LogP) is 2.41. The van der Waals surface area contributed by atoms with Gasteiger partial charge in [-0.25, -0.2) is 0 Å². The van der Waals surface area contributed by atoms with E-state index in [2.05, 4.69) is 30.0 Å². The largest absolute Gasteiger partial charge is 0.546 e. The lowest BCUT2D eigenvalue weighted by molar-refractivity contribution is -0.322. The highest BCUT2D eigenvalue weighted by atomic mass is 16.4. The van der Waals surface area contributed by atoms with Gasteiger partial charge in [0.2, 0.25) is 0 Å². The van der Waals surface area contributed by atoms with Crippen molar-refractivity contribution in [3.05, 3.63) is 131 Å². The molecule has 0 bridgehead atoms. The van der Waals surface area contributed by atoms with E-state index >= 15 is 0 Å². The van der Waals surface area contributed by atoms with Crippen LogP contribution in [0.15, 0.2) is 109 Å². The average molecular weight is 427 g/mol. The fourth-order valence-corrected chi connectivity index (χ4v) is 3.29. The third-order valence-corrected chi connectivity index (χ3v) is 5.09. The lowest BCUT2D eigenvalue weighted by Crippen LogP contribution is -2.46. The summed E-state index contributed by atoms with van der Waals surface area (Å²) in [7, 11) is 0. The number of benzene rings is 4. The van der Waals surface area contributed by atoms with Crippen LogP contribution in [0.1, 0.15) is 22.3 Å². The van der Waals surface area contributed by atoms with E-state index in [0.29, 0.717) is 0 Å². The van der Waals surface area contributed by atoms with E-state index in [1.54, 1.807) is 60.7 Å². The second-order valence-corrected chi connectivity index (χ2v) is 7.46. The lowest BCUT2D eigenvalue weighted by atomic mass is 9.86. The topological polar surface area (TPSA) is 114 Å². The van der Waals surface area contributed by atoms with Crippen molar-refractivity contribution in [1.82, 2.24) is 0 Å². The number of carbonyl (C=O) groups excluding carboxylic acids is 1. The number of hydrogen-bond acceptors (Lipinski definition) is 4. The zero-order chi connectivity index (χ0) is 23.0. The Morgan fingerprint density at radius 2 is 1.16 bits per heavy atom. The van der Waals surface area contributed by atoms with Crippen molar-refractivity contribution in [2.24, 2.45) is 0 Å². The molecule has 4 rings (SSSR count). The number of rotatable bonds is 5. The lowest BCUT2D eigenvalue weighted by Gasteiger charge is -2.30. The molecule has 0 saturated heterocycles. The first kappa shape index (κ1) is 22.7. The van der Waals surface area contributed by atoms with Crippen LogP contribution in [0.5, 0.6) is 0 Å². The van der Waals surface area contributed by atoms with Crippen molar-refractivity contribution >= 4 is 17.3 Å². The van der Waals surface area contributed by atoms with E-state index in [1.165, 1.54) is 11.1 Å². The summed E-state index contributed by atoms with van der Waals surface area (Å²) in [6.07, 6.45) is 0.945. The summed E-state index contributed by atoms with van der Waals surface area (Å²) >= 11 is 0. The van der Waals surface area contributed by atoms with Crippen molar-refractivity contribution in [1.29, 1.82) is 0 Å². The molecule has 5 heteroatoms. The van der Waals surface area contributed by atoms with Crippen LogP contribution in [0.25, 0.3) is 0 Å². The number of aliphatic hydroxyl groups is 1. The van der Waals surface area contributed by atoms with Crippen molar-refractivity contribution in [2.45, 2.75) is 12.0 Å². The molecule has 0 spiro atoms. The number of nitrogen functional groups attached to an aromatic ring is 1. The van der Waals surface area contributed by atoms with Crippen LogP contribution in [0, 0.1) is 0 Å². The molecule has 4 aromatic carbocycles. The van der Waals surface area contributed by atoms with Crippen molar-refractivity contribution in [2.75, 3.05) is 5.73 Å². The summed E-state index contributed by atoms with van der Waals surface area (Å²) in [5.74, 6) is -1.53. The van der Waals surface area contributed by atoms with Gasteiger partial charge in [-0.3, -0.25) is 0 Å². The molecule has 0 amide bonds. The summed E-state index contributed by atoms with van der Waals surface area (Å²) in [6.45, 7) is 0. The number of nitrogens with two attached hydrogens (primary N) is 1. The van der Waals surface area contributed by atoms with Gasteiger partial charge in [-0.1, -0.05) is 84.9 Å². The SMILES string of the molecule is Nc1ccc(Cc2ccc([NH3+])cc2)cc1.O=C([O-])C(O)(c1ccccc1)c1ccccc1. The van der Waals surface area contributed by atoms with Gasteiger partial charge in [0.25, 0.3) is 0 Å². The fourth-order valence-electron chi connectivity index (χ4n) is 3.29. The summed E-state index contributed by atoms with van der Waals surface area (Å²) in [5, 5.41) is 21.6. The van der Waals surface area contributed by atoms with E-state index in [0.717, 1.165) is 17.8 Å². The molecule has 0 aromatic heterocycles. The molecule has 0 aliphatic carbocycles. The van der Waals surface area contributed by atoms with E-state index < -0.39 is 11.6 Å². The smallest absolute Gasteiger partial charge is 0.154 e. The standard InChI is InChI=1S/C14H12O3.C13H14N2/c15-13(16)14(17,11-7-3-1-4-8-11)12-9-5-2-6-10-12;14-12-5-1-10(2-6-12)9-11-3-7-13(15)8-4-11/h1-10,17H,(H,15,16);1-8H,9,14-15H2. The van der Waals surface area contributed by atoms with Crippen LogP contribution in [-0.2, 0) is 16.8 Å². The molecular weight excluding hydrogens is 400 g/mol. The maximum absolute atomic E-state index is 11.3. The van der Waals surface area contributed by atoms with Gasteiger partial charge >= 0.3 is 0 Å². The number of carboxylic acid groups (broad SMARTS) is 1. The zero-order valence-electron chi connectivity index (χ0n) is 17.6. The summed E-state index contributed by atoms with van der Waals surface area (Å²) in [6, 6.07) is 32.7. The molecule has 0 atom stereocenters. The maximum atomic E-state index is 11.3. The van der Waals surface area contributed by atoms with Crippen LogP contribution in [-0.4, -0.2) is 11.1 Å². The summed E-state index contributed by atoms with van der Waals surface area (Å²) in [5.41, 5.74) is 12.4. The molecule has 32 heavy (non-hydrogen) atoms. The van der Waals surface area contributed by atoms with Crippen LogP contribution in [0.4, 0.5) is 11.4 Å². The molecule has 0 unspecified atom stereocenters. The van der Waals surface area contributed by atoms with Crippen LogP contribution in [0.3, 0.4) is 0 Å². The molecule has 6 N–H and O–H groups in total. The van der Waals surface area contributed by atoms with Crippen LogP contribution >= 0.6 is 0 Å². The van der Waals surface area contributed by atoms with E-state index in [4.69, 9.17) is 5.73 Å². The predicted molar refractivity (Wildman–Crippen MR) is 124 cm³/mol. The van der Waals surface area contributed by atoms with Gasteiger partial charge < -0.3 is 26.5 Å². The zero-order valence-corrected chi connectivity index (χ0v) is 17.6. The Balaban J connectivity index is 0.000000182. The maximum Gasteiger partial charge on any atom is 0.154 e. The minimum absolute atomic E-state index is 0.284. The Morgan fingerprint density at radius 1 is 0.750 bits per heavy atom. The summed E-state index contributed by atoms with van der Waals surface area (Å²) in [4.78, 5) is 11.3. The van der Waals surface area contributed by atoms with Gasteiger partial charge in [0.15, 0.2) is 5.60 Å². The molecule has 0 radical (unpaired) electrons. The number of carboxylic acids is 1.